The molecule has 198 valence electrons. The van der Waals surface area contributed by atoms with Gasteiger partial charge in [0.15, 0.2) is 11.5 Å². The zero-order chi connectivity index (χ0) is 27.0. The lowest BCUT2D eigenvalue weighted by molar-refractivity contribution is 0.0954. The number of pyridine rings is 1. The summed E-state index contributed by atoms with van der Waals surface area (Å²) in [6, 6.07) is 14.4. The number of nitrogens with two attached hydrogens (primary N) is 1. The second kappa shape index (κ2) is 12.4. The number of benzene rings is 2. The molecule has 1 amide bonds. The maximum atomic E-state index is 12.8. The van der Waals surface area contributed by atoms with Crippen molar-refractivity contribution in [3.63, 3.8) is 0 Å². The number of ether oxygens (including phenoxy) is 2. The second-order valence-corrected chi connectivity index (χ2v) is 9.53. The van der Waals surface area contributed by atoms with E-state index in [1.54, 1.807) is 36.5 Å². The molecule has 0 fully saturated rings. The molecule has 3 aromatic rings. The fraction of sp³-hybridized carbons (Fsp3) is 0.357. The quantitative estimate of drug-likeness (QED) is 0.252. The van der Waals surface area contributed by atoms with Crippen molar-refractivity contribution < 1.29 is 24.5 Å². The minimum absolute atomic E-state index is 0.0521. The van der Waals surface area contributed by atoms with Crippen LogP contribution in [0, 0.1) is 0 Å². The first-order valence-electron chi connectivity index (χ1n) is 12.1. The van der Waals surface area contributed by atoms with Gasteiger partial charge < -0.3 is 36.1 Å². The summed E-state index contributed by atoms with van der Waals surface area (Å²) in [5, 5.41) is 26.9. The summed E-state index contributed by atoms with van der Waals surface area (Å²) in [5.41, 5.74) is 8.42. The molecule has 1 aromatic heterocycles. The number of nitrogens with zero attached hydrogens (tertiary/aromatic N) is 1. The summed E-state index contributed by atoms with van der Waals surface area (Å²) in [6.45, 7) is 4.86. The number of hydrogen-bond acceptors (Lipinski definition) is 8. The second-order valence-electron chi connectivity index (χ2n) is 9.53. The highest BCUT2D eigenvalue weighted by Crippen LogP contribution is 2.37. The molecular formula is C28H36N4O5. The van der Waals surface area contributed by atoms with Crippen LogP contribution < -0.4 is 25.8 Å². The SMILES string of the molecule is COc1cc(CCNC(=O)c2cccc(CC(C)(C)NC[C@H](O)c3ccc(N)nc3)c2)cc(OC)c1O. The molecule has 0 aliphatic carbocycles. The van der Waals surface area contributed by atoms with Crippen LogP contribution in [0.25, 0.3) is 0 Å². The number of amides is 1. The molecule has 1 heterocycles. The molecule has 0 bridgehead atoms. The van der Waals surface area contributed by atoms with Crippen LogP contribution in [0.15, 0.2) is 54.7 Å². The standard InChI is InChI=1S/C28H36N4O5/c1-28(2,32-17-22(33)21-8-9-25(29)31-16-21)15-19-6-5-7-20(12-19)27(35)30-11-10-18-13-23(36-3)26(34)24(14-18)37-4/h5-9,12-14,16,22,32-34H,10-11,15,17H2,1-4H3,(H2,29,31)(H,30,35)/t22-/m0/s1. The molecule has 0 aliphatic rings. The fourth-order valence-corrected chi connectivity index (χ4v) is 4.01. The number of phenols is 1. The highest BCUT2D eigenvalue weighted by atomic mass is 16.5. The van der Waals surface area contributed by atoms with E-state index in [2.05, 4.69) is 15.6 Å². The number of nitrogen functional groups attached to an aromatic ring is 1. The Morgan fingerprint density at radius 1 is 1.08 bits per heavy atom. The topological polar surface area (TPSA) is 139 Å². The van der Waals surface area contributed by atoms with E-state index in [1.807, 2.05) is 32.0 Å². The predicted octanol–water partition coefficient (Wildman–Crippen LogP) is 3.00. The van der Waals surface area contributed by atoms with Gasteiger partial charge in [-0.05, 0) is 68.1 Å². The number of aliphatic hydroxyl groups excluding tert-OH is 1. The summed E-state index contributed by atoms with van der Waals surface area (Å²) in [5.74, 6) is 0.832. The summed E-state index contributed by atoms with van der Waals surface area (Å²) < 4.78 is 10.4. The zero-order valence-electron chi connectivity index (χ0n) is 21.7. The molecule has 3 rings (SSSR count). The maximum absolute atomic E-state index is 12.8. The van der Waals surface area contributed by atoms with Crippen molar-refractivity contribution in [1.29, 1.82) is 0 Å². The number of rotatable bonds is 12. The number of hydrogen-bond donors (Lipinski definition) is 5. The van der Waals surface area contributed by atoms with E-state index >= 15 is 0 Å². The van der Waals surface area contributed by atoms with E-state index in [0.717, 1.165) is 11.1 Å². The Morgan fingerprint density at radius 2 is 1.78 bits per heavy atom. The van der Waals surface area contributed by atoms with Gasteiger partial charge in [-0.15, -0.1) is 0 Å². The summed E-state index contributed by atoms with van der Waals surface area (Å²) >= 11 is 0. The van der Waals surface area contributed by atoms with Gasteiger partial charge in [0.2, 0.25) is 5.75 Å². The van der Waals surface area contributed by atoms with Crippen molar-refractivity contribution in [1.82, 2.24) is 15.6 Å². The molecule has 9 heteroatoms. The summed E-state index contributed by atoms with van der Waals surface area (Å²) in [4.78, 5) is 16.8. The molecule has 2 aromatic carbocycles. The van der Waals surface area contributed by atoms with Gasteiger partial charge in [0.25, 0.3) is 5.91 Å². The van der Waals surface area contributed by atoms with Gasteiger partial charge in [-0.25, -0.2) is 4.98 Å². The number of β-amino-alcohol motifs (C(OH)–C–C–N with tert-alkyl or cyclic N) is 1. The first-order chi connectivity index (χ1) is 17.6. The molecule has 1 atom stereocenters. The third-order valence-corrected chi connectivity index (χ3v) is 6.04. The smallest absolute Gasteiger partial charge is 0.251 e. The Balaban J connectivity index is 1.54. The molecule has 0 unspecified atom stereocenters. The number of aromatic hydroxyl groups is 1. The molecule has 0 saturated heterocycles. The maximum Gasteiger partial charge on any atom is 0.251 e. The molecule has 6 N–H and O–H groups in total. The number of carbonyl (C=O) groups is 1. The van der Waals surface area contributed by atoms with Gasteiger partial charge in [0, 0.05) is 36.0 Å². The fourth-order valence-electron chi connectivity index (χ4n) is 4.01. The zero-order valence-corrected chi connectivity index (χ0v) is 21.7. The van der Waals surface area contributed by atoms with Gasteiger partial charge in [-0.3, -0.25) is 4.79 Å². The van der Waals surface area contributed by atoms with Gasteiger partial charge in [-0.2, -0.15) is 0 Å². The van der Waals surface area contributed by atoms with Crippen molar-refractivity contribution >= 4 is 11.7 Å². The van der Waals surface area contributed by atoms with E-state index in [0.29, 0.717) is 54.4 Å². The number of phenolic OH excluding ortho intramolecular Hbond substituents is 1. The van der Waals surface area contributed by atoms with Crippen LogP contribution in [0.2, 0.25) is 0 Å². The summed E-state index contributed by atoms with van der Waals surface area (Å²) in [6.07, 6.45) is 2.07. The first kappa shape index (κ1) is 27.8. The van der Waals surface area contributed by atoms with E-state index in [4.69, 9.17) is 15.2 Å². The van der Waals surface area contributed by atoms with Crippen molar-refractivity contribution in [2.75, 3.05) is 33.0 Å². The van der Waals surface area contributed by atoms with Crippen LogP contribution in [0.3, 0.4) is 0 Å². The minimum Gasteiger partial charge on any atom is -0.502 e. The largest absolute Gasteiger partial charge is 0.502 e. The Labute approximate surface area is 217 Å². The van der Waals surface area contributed by atoms with Crippen molar-refractivity contribution in [3.8, 4) is 17.2 Å². The Bertz CT molecular complexity index is 1170. The Kier molecular flexibility index (Phi) is 9.32. The van der Waals surface area contributed by atoms with Gasteiger partial charge in [0.1, 0.15) is 5.82 Å². The van der Waals surface area contributed by atoms with E-state index in [1.165, 1.54) is 14.2 Å². The molecule has 0 spiro atoms. The third kappa shape index (κ3) is 7.83. The van der Waals surface area contributed by atoms with Gasteiger partial charge >= 0.3 is 0 Å². The molecule has 0 aliphatic heterocycles. The lowest BCUT2D eigenvalue weighted by atomic mass is 9.93. The Hall–Kier alpha value is -3.82. The average Bonchev–Trinajstić information content (AvgIpc) is 2.88. The Morgan fingerprint density at radius 3 is 2.41 bits per heavy atom. The van der Waals surface area contributed by atoms with Gasteiger partial charge in [-0.1, -0.05) is 18.2 Å². The lowest BCUT2D eigenvalue weighted by Gasteiger charge is -2.28. The normalized spacial score (nSPS) is 12.1. The number of aliphatic hydroxyl groups is 1. The van der Waals surface area contributed by atoms with E-state index in [-0.39, 0.29) is 17.2 Å². The number of methoxy groups -OCH3 is 2. The van der Waals surface area contributed by atoms with Crippen LogP contribution in [0.1, 0.15) is 47.0 Å². The first-order valence-corrected chi connectivity index (χ1v) is 12.1. The number of anilines is 1. The average molecular weight is 509 g/mol. The molecule has 37 heavy (non-hydrogen) atoms. The number of nitrogens with one attached hydrogen (secondary N) is 2. The van der Waals surface area contributed by atoms with E-state index < -0.39 is 6.10 Å². The molecule has 0 radical (unpaired) electrons. The minimum atomic E-state index is -0.710. The van der Waals surface area contributed by atoms with Crippen molar-refractivity contribution in [2.45, 2.75) is 38.3 Å². The van der Waals surface area contributed by atoms with Crippen LogP contribution in [0.5, 0.6) is 17.2 Å². The lowest BCUT2D eigenvalue weighted by Crippen LogP contribution is -2.43. The molecular weight excluding hydrogens is 472 g/mol. The number of carbonyl (C=O) groups excluding carboxylic acids is 1. The van der Waals surface area contributed by atoms with E-state index in [9.17, 15) is 15.0 Å². The highest BCUT2D eigenvalue weighted by Gasteiger charge is 2.21. The highest BCUT2D eigenvalue weighted by molar-refractivity contribution is 5.94. The number of aromatic nitrogens is 1. The van der Waals surface area contributed by atoms with Crippen molar-refractivity contribution in [2.24, 2.45) is 0 Å². The van der Waals surface area contributed by atoms with Crippen LogP contribution in [-0.4, -0.2) is 54.0 Å². The van der Waals surface area contributed by atoms with Crippen LogP contribution in [0.4, 0.5) is 5.82 Å². The van der Waals surface area contributed by atoms with Crippen LogP contribution >= 0.6 is 0 Å². The predicted molar refractivity (Wildman–Crippen MR) is 143 cm³/mol. The van der Waals surface area contributed by atoms with Crippen LogP contribution in [-0.2, 0) is 12.8 Å². The third-order valence-electron chi connectivity index (χ3n) is 6.04. The molecule has 9 nitrogen and oxygen atoms in total. The summed E-state index contributed by atoms with van der Waals surface area (Å²) in [7, 11) is 2.95. The van der Waals surface area contributed by atoms with Gasteiger partial charge in [0.05, 0.1) is 20.3 Å². The van der Waals surface area contributed by atoms with Crippen molar-refractivity contribution in [3.05, 3.63) is 77.0 Å². The molecule has 0 saturated carbocycles. The monoisotopic (exact) mass is 508 g/mol.